The molecule has 1 saturated heterocycles. The average Bonchev–Trinajstić information content (AvgIpc) is 3.23. The molecule has 2 aliphatic rings. The van der Waals surface area contributed by atoms with Gasteiger partial charge in [0.05, 0.1) is 38.0 Å². The number of rotatable bonds is 6. The van der Waals surface area contributed by atoms with Crippen molar-refractivity contribution < 1.29 is 19.1 Å². The fourth-order valence-corrected chi connectivity index (χ4v) is 4.47. The first-order valence-electron chi connectivity index (χ1n) is 12.5. The van der Waals surface area contributed by atoms with Crippen LogP contribution in [0.5, 0.6) is 0 Å². The summed E-state index contributed by atoms with van der Waals surface area (Å²) in [5, 5.41) is 0. The van der Waals surface area contributed by atoms with Gasteiger partial charge in [-0.1, -0.05) is 31.2 Å². The summed E-state index contributed by atoms with van der Waals surface area (Å²) in [4.78, 5) is 38.6. The highest BCUT2D eigenvalue weighted by Gasteiger charge is 2.34. The predicted octanol–water partition coefficient (Wildman–Crippen LogP) is 4.53. The molecule has 0 aliphatic carbocycles. The quantitative estimate of drug-likeness (QED) is 0.600. The second-order valence-electron chi connectivity index (χ2n) is 10.4. The summed E-state index contributed by atoms with van der Waals surface area (Å²) >= 11 is 0. The summed E-state index contributed by atoms with van der Waals surface area (Å²) in [5.74, 6) is 1.73. The molecule has 35 heavy (non-hydrogen) atoms. The molecule has 1 aromatic carbocycles. The summed E-state index contributed by atoms with van der Waals surface area (Å²) in [6.45, 7) is 12.5. The highest BCUT2D eigenvalue weighted by Crippen LogP contribution is 2.34. The van der Waals surface area contributed by atoms with E-state index < -0.39 is 5.60 Å². The summed E-state index contributed by atoms with van der Waals surface area (Å²) in [5.41, 5.74) is 3.13. The Hall–Kier alpha value is -3.00. The van der Waals surface area contributed by atoms with Crippen molar-refractivity contribution in [1.29, 1.82) is 0 Å². The molecule has 2 aromatic rings. The van der Waals surface area contributed by atoms with Crippen LogP contribution in [0.3, 0.4) is 0 Å². The lowest BCUT2D eigenvalue weighted by Gasteiger charge is -2.35. The molecule has 0 N–H and O–H groups in total. The minimum Gasteiger partial charge on any atom is -0.444 e. The standard InChI is InChI=1S/C27H36N4O4/c1-6-7-21(32)14-19-8-10-20(11-9-19)24-28-23-16-30(26(33)35-27(3,4)5)15-22(23)25(29-24)31-12-13-34-17-18(31)2/h8-11,18H,6-7,12-17H2,1-5H3/t18-/m0/s1. The Labute approximate surface area is 207 Å². The number of carbonyl (C=O) groups excluding carboxylic acids is 2. The van der Waals surface area contributed by atoms with E-state index in [1.54, 1.807) is 4.90 Å². The van der Waals surface area contributed by atoms with E-state index >= 15 is 0 Å². The molecule has 188 valence electrons. The molecule has 8 heteroatoms. The van der Waals surface area contributed by atoms with Crippen LogP contribution in [0.2, 0.25) is 0 Å². The van der Waals surface area contributed by atoms with Gasteiger partial charge in [-0.3, -0.25) is 9.69 Å². The third-order valence-corrected chi connectivity index (χ3v) is 6.19. The molecule has 4 rings (SSSR count). The lowest BCUT2D eigenvalue weighted by molar-refractivity contribution is -0.118. The van der Waals surface area contributed by atoms with E-state index in [4.69, 9.17) is 19.4 Å². The Morgan fingerprint density at radius 3 is 2.54 bits per heavy atom. The number of aromatic nitrogens is 2. The first-order valence-corrected chi connectivity index (χ1v) is 12.5. The average molecular weight is 481 g/mol. The summed E-state index contributed by atoms with van der Waals surface area (Å²) in [6.07, 6.45) is 1.56. The third-order valence-electron chi connectivity index (χ3n) is 6.19. The Balaban J connectivity index is 1.65. The molecule has 1 fully saturated rings. The van der Waals surface area contributed by atoms with E-state index in [9.17, 15) is 9.59 Å². The van der Waals surface area contributed by atoms with Gasteiger partial charge in [-0.2, -0.15) is 0 Å². The van der Waals surface area contributed by atoms with Gasteiger partial charge < -0.3 is 14.4 Å². The number of hydrogen-bond acceptors (Lipinski definition) is 7. The van der Waals surface area contributed by atoms with Crippen molar-refractivity contribution in [2.45, 2.75) is 78.6 Å². The SMILES string of the molecule is CCCC(=O)Cc1ccc(-c2nc3c(c(N4CCOC[C@@H]4C)n2)CN(C(=O)OC(C)(C)C)C3)cc1. The molecule has 1 amide bonds. The molecular formula is C27H36N4O4. The highest BCUT2D eigenvalue weighted by atomic mass is 16.6. The molecule has 0 spiro atoms. The van der Waals surface area contributed by atoms with Gasteiger partial charge in [-0.05, 0) is 39.7 Å². The maximum atomic E-state index is 12.8. The van der Waals surface area contributed by atoms with Crippen LogP contribution in [0.15, 0.2) is 24.3 Å². The zero-order valence-corrected chi connectivity index (χ0v) is 21.5. The number of hydrogen-bond donors (Lipinski definition) is 0. The van der Waals surface area contributed by atoms with Gasteiger partial charge in [0.2, 0.25) is 0 Å². The Kier molecular flexibility index (Phi) is 7.40. The van der Waals surface area contributed by atoms with Gasteiger partial charge in [0.1, 0.15) is 17.2 Å². The number of ether oxygens (including phenoxy) is 2. The van der Waals surface area contributed by atoms with Gasteiger partial charge in [-0.25, -0.2) is 14.8 Å². The van der Waals surface area contributed by atoms with Crippen LogP contribution >= 0.6 is 0 Å². The summed E-state index contributed by atoms with van der Waals surface area (Å²) in [6, 6.07) is 8.07. The topological polar surface area (TPSA) is 84.9 Å². The van der Waals surface area contributed by atoms with Crippen LogP contribution in [-0.2, 0) is 33.8 Å². The van der Waals surface area contributed by atoms with Crippen LogP contribution in [0.1, 0.15) is 64.3 Å². The second kappa shape index (κ2) is 10.3. The molecule has 0 saturated carbocycles. The Morgan fingerprint density at radius 2 is 1.89 bits per heavy atom. The van der Waals surface area contributed by atoms with Gasteiger partial charge in [0.15, 0.2) is 5.82 Å². The largest absolute Gasteiger partial charge is 0.444 e. The van der Waals surface area contributed by atoms with Crippen molar-refractivity contribution in [1.82, 2.24) is 14.9 Å². The van der Waals surface area contributed by atoms with E-state index in [1.807, 2.05) is 52.0 Å². The molecule has 0 unspecified atom stereocenters. The fourth-order valence-electron chi connectivity index (χ4n) is 4.47. The third kappa shape index (κ3) is 5.99. The van der Waals surface area contributed by atoms with Crippen LogP contribution in [0, 0.1) is 0 Å². The van der Waals surface area contributed by atoms with Gasteiger partial charge in [0.25, 0.3) is 0 Å². The molecule has 8 nitrogen and oxygen atoms in total. The molecular weight excluding hydrogens is 444 g/mol. The number of amides is 1. The number of anilines is 1. The van der Waals surface area contributed by atoms with Crippen LogP contribution in [0.4, 0.5) is 10.6 Å². The molecule has 1 atom stereocenters. The molecule has 3 heterocycles. The van der Waals surface area contributed by atoms with Gasteiger partial charge >= 0.3 is 6.09 Å². The fraction of sp³-hybridized carbons (Fsp3) is 0.556. The monoisotopic (exact) mass is 480 g/mol. The van der Waals surface area contributed by atoms with E-state index in [2.05, 4.69) is 11.8 Å². The van der Waals surface area contributed by atoms with E-state index in [0.717, 1.165) is 41.2 Å². The zero-order valence-electron chi connectivity index (χ0n) is 21.5. The number of morpholine rings is 1. The van der Waals surface area contributed by atoms with Crippen molar-refractivity contribution in [3.8, 4) is 11.4 Å². The van der Waals surface area contributed by atoms with Crippen LogP contribution < -0.4 is 4.90 Å². The molecule has 0 bridgehead atoms. The normalized spacial score (nSPS) is 17.9. The van der Waals surface area contributed by atoms with Crippen molar-refractivity contribution in [2.24, 2.45) is 0 Å². The predicted molar refractivity (Wildman–Crippen MR) is 134 cm³/mol. The van der Waals surface area contributed by atoms with Crippen LogP contribution in [0.25, 0.3) is 11.4 Å². The van der Waals surface area contributed by atoms with Crippen molar-refractivity contribution in [3.63, 3.8) is 0 Å². The summed E-state index contributed by atoms with van der Waals surface area (Å²) in [7, 11) is 0. The lowest BCUT2D eigenvalue weighted by atomic mass is 10.0. The Morgan fingerprint density at radius 1 is 1.14 bits per heavy atom. The molecule has 1 aromatic heterocycles. The number of ketones is 1. The van der Waals surface area contributed by atoms with Crippen LogP contribution in [-0.4, -0.2) is 58.1 Å². The van der Waals surface area contributed by atoms with E-state index in [0.29, 0.717) is 45.0 Å². The summed E-state index contributed by atoms with van der Waals surface area (Å²) < 4.78 is 11.3. The molecule has 2 aliphatic heterocycles. The number of fused-ring (bicyclic) bond motifs is 1. The van der Waals surface area contributed by atoms with Crippen molar-refractivity contribution >= 4 is 17.7 Å². The highest BCUT2D eigenvalue weighted by molar-refractivity contribution is 5.81. The number of benzene rings is 1. The van der Waals surface area contributed by atoms with Crippen molar-refractivity contribution in [3.05, 3.63) is 41.1 Å². The second-order valence-corrected chi connectivity index (χ2v) is 10.4. The van der Waals surface area contributed by atoms with E-state index in [1.165, 1.54) is 0 Å². The number of nitrogens with zero attached hydrogens (tertiary/aromatic N) is 4. The first kappa shape index (κ1) is 25.1. The maximum absolute atomic E-state index is 12.8. The Bertz CT molecular complexity index is 1080. The minimum absolute atomic E-state index is 0.165. The lowest BCUT2D eigenvalue weighted by Crippen LogP contribution is -2.44. The first-order chi connectivity index (χ1) is 16.6. The molecule has 0 radical (unpaired) electrons. The smallest absolute Gasteiger partial charge is 0.410 e. The zero-order chi connectivity index (χ0) is 25.2. The number of carbonyl (C=O) groups is 2. The van der Waals surface area contributed by atoms with E-state index in [-0.39, 0.29) is 17.9 Å². The van der Waals surface area contributed by atoms with Gasteiger partial charge in [-0.15, -0.1) is 0 Å². The van der Waals surface area contributed by atoms with Crippen molar-refractivity contribution in [2.75, 3.05) is 24.7 Å². The van der Waals surface area contributed by atoms with Gasteiger partial charge in [0, 0.05) is 30.5 Å². The maximum Gasteiger partial charge on any atom is 0.410 e. The minimum atomic E-state index is -0.565. The number of Topliss-reactive ketones (excluding diaryl/α,β-unsaturated/α-hetero) is 1.